The van der Waals surface area contributed by atoms with Gasteiger partial charge in [-0.3, -0.25) is 4.79 Å². The first-order valence-corrected chi connectivity index (χ1v) is 10.2. The van der Waals surface area contributed by atoms with Crippen LogP contribution in [-0.4, -0.2) is 28.8 Å². The largest absolute Gasteiger partial charge is 0.348 e. The molecule has 2 heterocycles. The molecule has 1 fully saturated rings. The number of rotatable bonds is 7. The molecule has 0 aliphatic carbocycles. The lowest BCUT2D eigenvalue weighted by Gasteiger charge is -2.15. The number of amides is 1. The molecular weight excluding hydrogens is 360 g/mol. The third-order valence-corrected chi connectivity index (χ3v) is 5.37. The van der Waals surface area contributed by atoms with Crippen molar-refractivity contribution < 1.29 is 9.69 Å². The van der Waals surface area contributed by atoms with Crippen molar-refractivity contribution in [3.63, 3.8) is 0 Å². The second-order valence-corrected chi connectivity index (χ2v) is 7.51. The summed E-state index contributed by atoms with van der Waals surface area (Å²) < 4.78 is 1.80. The highest BCUT2D eigenvalue weighted by Crippen LogP contribution is 2.10. The quantitative estimate of drug-likeness (QED) is 0.612. The smallest absolute Gasteiger partial charge is 0.244 e. The molecule has 0 radical (unpaired) electrons. The molecule has 29 heavy (non-hydrogen) atoms. The van der Waals surface area contributed by atoms with Gasteiger partial charge in [-0.15, -0.1) is 0 Å². The van der Waals surface area contributed by atoms with E-state index in [1.807, 2.05) is 42.6 Å². The Morgan fingerprint density at radius 3 is 2.55 bits per heavy atom. The van der Waals surface area contributed by atoms with Crippen molar-refractivity contribution >= 4 is 12.0 Å². The Kier molecular flexibility index (Phi) is 6.17. The van der Waals surface area contributed by atoms with E-state index in [1.165, 1.54) is 37.1 Å². The second-order valence-electron chi connectivity index (χ2n) is 7.51. The lowest BCUT2D eigenvalue weighted by Crippen LogP contribution is -3.08. The van der Waals surface area contributed by atoms with E-state index in [0.29, 0.717) is 6.54 Å². The summed E-state index contributed by atoms with van der Waals surface area (Å²) in [7, 11) is 0. The summed E-state index contributed by atoms with van der Waals surface area (Å²) in [5.74, 6) is -0.0965. The summed E-state index contributed by atoms with van der Waals surface area (Å²) in [6, 6.07) is 18.3. The average molecular weight is 388 g/mol. The van der Waals surface area contributed by atoms with Gasteiger partial charge in [-0.25, -0.2) is 4.68 Å². The lowest BCUT2D eigenvalue weighted by molar-refractivity contribution is -0.901. The molecule has 1 aromatic heterocycles. The van der Waals surface area contributed by atoms with Gasteiger partial charge in [0.15, 0.2) is 0 Å². The molecule has 0 saturated carbocycles. The second kappa shape index (κ2) is 9.34. The number of aromatic nitrogens is 2. The Morgan fingerprint density at radius 1 is 1.03 bits per heavy atom. The summed E-state index contributed by atoms with van der Waals surface area (Å²) >= 11 is 0. The maximum atomic E-state index is 12.3. The number of benzene rings is 2. The van der Waals surface area contributed by atoms with Gasteiger partial charge in [-0.05, 0) is 23.8 Å². The Hall–Kier alpha value is -3.18. The molecule has 1 amide bonds. The van der Waals surface area contributed by atoms with E-state index in [1.54, 1.807) is 27.9 Å². The number of carbonyl (C=O) groups excluding carboxylic acids is 1. The zero-order chi connectivity index (χ0) is 19.9. The van der Waals surface area contributed by atoms with Crippen LogP contribution in [0.3, 0.4) is 0 Å². The molecule has 3 aromatic rings. The fourth-order valence-electron chi connectivity index (χ4n) is 3.78. The van der Waals surface area contributed by atoms with E-state index in [4.69, 9.17) is 0 Å². The number of para-hydroxylation sites is 1. The van der Waals surface area contributed by atoms with Gasteiger partial charge in [0, 0.05) is 42.8 Å². The molecule has 5 heteroatoms. The van der Waals surface area contributed by atoms with Crippen LogP contribution in [0.4, 0.5) is 0 Å². The number of quaternary nitrogens is 1. The van der Waals surface area contributed by atoms with Gasteiger partial charge in [0.1, 0.15) is 6.54 Å². The van der Waals surface area contributed by atoms with E-state index in [-0.39, 0.29) is 5.91 Å². The summed E-state index contributed by atoms with van der Waals surface area (Å²) in [6.45, 7) is 4.09. The highest BCUT2D eigenvalue weighted by atomic mass is 16.1. The fraction of sp³-hybridized carbons (Fsp3) is 0.250. The summed E-state index contributed by atoms with van der Waals surface area (Å²) in [5, 5.41) is 7.36. The van der Waals surface area contributed by atoms with Crippen molar-refractivity contribution in [2.75, 3.05) is 13.1 Å². The van der Waals surface area contributed by atoms with Crippen LogP contribution in [0.15, 0.2) is 73.1 Å². The highest BCUT2D eigenvalue weighted by molar-refractivity contribution is 5.91. The number of carbonyl (C=O) groups is 1. The third kappa shape index (κ3) is 5.21. The molecule has 2 aromatic carbocycles. The zero-order valence-electron chi connectivity index (χ0n) is 16.6. The Labute approximate surface area is 171 Å². The first kappa shape index (κ1) is 19.2. The van der Waals surface area contributed by atoms with Gasteiger partial charge in [0.05, 0.1) is 25.0 Å². The van der Waals surface area contributed by atoms with Crippen molar-refractivity contribution in [1.29, 1.82) is 0 Å². The minimum atomic E-state index is -0.0965. The van der Waals surface area contributed by atoms with Gasteiger partial charge in [0.2, 0.25) is 5.91 Å². The normalized spacial score (nSPS) is 14.5. The molecule has 0 spiro atoms. The van der Waals surface area contributed by atoms with Crippen molar-refractivity contribution in [2.24, 2.45) is 0 Å². The van der Waals surface area contributed by atoms with Crippen LogP contribution in [-0.2, 0) is 17.9 Å². The molecule has 2 N–H and O–H groups in total. The number of nitrogens with one attached hydrogen (secondary N) is 2. The monoisotopic (exact) mass is 387 g/mol. The summed E-state index contributed by atoms with van der Waals surface area (Å²) in [4.78, 5) is 13.9. The maximum absolute atomic E-state index is 12.3. The van der Waals surface area contributed by atoms with Crippen LogP contribution in [0.1, 0.15) is 29.5 Å². The van der Waals surface area contributed by atoms with Crippen LogP contribution in [0.25, 0.3) is 11.8 Å². The van der Waals surface area contributed by atoms with Crippen LogP contribution >= 0.6 is 0 Å². The molecule has 1 aliphatic heterocycles. The number of hydrogen-bond donors (Lipinski definition) is 2. The first-order valence-electron chi connectivity index (χ1n) is 10.2. The number of nitrogens with zero attached hydrogens (tertiary/aromatic N) is 2. The number of likely N-dealkylation sites (tertiary alicyclic amines) is 1. The molecular formula is C24H27N4O+. The Balaban J connectivity index is 1.33. The van der Waals surface area contributed by atoms with E-state index in [2.05, 4.69) is 28.6 Å². The Morgan fingerprint density at radius 2 is 1.76 bits per heavy atom. The van der Waals surface area contributed by atoms with Crippen molar-refractivity contribution in [2.45, 2.75) is 25.9 Å². The SMILES string of the molecule is O=C(/C=C/c1cnn(-c2ccccc2)c1)NCc1ccccc1C[NH+]1CCCC1. The lowest BCUT2D eigenvalue weighted by atomic mass is 10.1. The van der Waals surface area contributed by atoms with Crippen LogP contribution in [0, 0.1) is 0 Å². The van der Waals surface area contributed by atoms with Gasteiger partial charge in [0.25, 0.3) is 0 Å². The van der Waals surface area contributed by atoms with E-state index < -0.39 is 0 Å². The predicted octanol–water partition coefficient (Wildman–Crippen LogP) is 2.38. The van der Waals surface area contributed by atoms with Crippen molar-refractivity contribution in [3.05, 3.63) is 89.8 Å². The fourth-order valence-corrected chi connectivity index (χ4v) is 3.78. The molecule has 0 atom stereocenters. The van der Waals surface area contributed by atoms with Gasteiger partial charge in [-0.2, -0.15) is 5.10 Å². The maximum Gasteiger partial charge on any atom is 0.244 e. The minimum absolute atomic E-state index is 0.0965. The van der Waals surface area contributed by atoms with E-state index >= 15 is 0 Å². The minimum Gasteiger partial charge on any atom is -0.348 e. The zero-order valence-corrected chi connectivity index (χ0v) is 16.6. The standard InChI is InChI=1S/C24H26N4O/c29-24(13-12-20-16-26-28(18-20)23-10-2-1-3-11-23)25-17-21-8-4-5-9-22(21)19-27-14-6-7-15-27/h1-5,8-13,16,18H,6-7,14-15,17,19H2,(H,25,29)/p+1/b13-12+. The molecule has 4 rings (SSSR count). The van der Waals surface area contributed by atoms with Crippen LogP contribution in [0.2, 0.25) is 0 Å². The third-order valence-electron chi connectivity index (χ3n) is 5.37. The van der Waals surface area contributed by atoms with Crippen molar-refractivity contribution in [3.8, 4) is 5.69 Å². The Bertz CT molecular complexity index is 971. The summed E-state index contributed by atoms with van der Waals surface area (Å²) in [6.07, 6.45) is 9.67. The molecule has 0 bridgehead atoms. The van der Waals surface area contributed by atoms with Gasteiger partial charge in [-0.1, -0.05) is 42.5 Å². The molecule has 1 saturated heterocycles. The van der Waals surface area contributed by atoms with E-state index in [0.717, 1.165) is 17.8 Å². The first-order chi connectivity index (χ1) is 14.3. The highest BCUT2D eigenvalue weighted by Gasteiger charge is 2.17. The predicted molar refractivity (Wildman–Crippen MR) is 115 cm³/mol. The molecule has 0 unspecified atom stereocenters. The topological polar surface area (TPSA) is 51.4 Å². The number of hydrogen-bond acceptors (Lipinski definition) is 2. The summed E-state index contributed by atoms with van der Waals surface area (Å²) in [5.41, 5.74) is 4.42. The van der Waals surface area contributed by atoms with Gasteiger partial charge < -0.3 is 10.2 Å². The molecule has 1 aliphatic rings. The van der Waals surface area contributed by atoms with Crippen LogP contribution in [0.5, 0.6) is 0 Å². The molecule has 148 valence electrons. The van der Waals surface area contributed by atoms with Gasteiger partial charge >= 0.3 is 0 Å². The average Bonchev–Trinajstić information content (AvgIpc) is 3.44. The van der Waals surface area contributed by atoms with Crippen molar-refractivity contribution in [1.82, 2.24) is 15.1 Å². The molecule has 5 nitrogen and oxygen atoms in total. The van der Waals surface area contributed by atoms with Crippen LogP contribution < -0.4 is 10.2 Å². The van der Waals surface area contributed by atoms with E-state index in [9.17, 15) is 4.79 Å².